The molecule has 304 valence electrons. The molecule has 0 N–H and O–H groups in total. The number of carbonyl (C=O) groups excluding carboxylic acids is 1. The van der Waals surface area contributed by atoms with Crippen LogP contribution in [0.5, 0.6) is 0 Å². The summed E-state index contributed by atoms with van der Waals surface area (Å²) in [7, 11) is -27.3. The first-order valence-electron chi connectivity index (χ1n) is 18.3. The summed E-state index contributed by atoms with van der Waals surface area (Å²) in [6.45, 7) is 45.2. The molecule has 51 heavy (non-hydrogen) atoms. The summed E-state index contributed by atoms with van der Waals surface area (Å²) in [6.07, 6.45) is 0.795. The maximum atomic E-state index is 15.1. The summed E-state index contributed by atoms with van der Waals surface area (Å²) in [5.74, 6) is -0.446. The summed E-state index contributed by atoms with van der Waals surface area (Å²) in [4.78, 5) is 15.8. The SMILES string of the molecule is C[Si](C)(C)O[SiH2]O[Si](C)(O[Si](C)(C)C)C(C(=O)OCCC[SiH3])=C([Si](C)(O[SiH2]O[Si](C)(C)C)O[Si](C)(C)C)[Si](C)(O[SiH2]O[Si](C)(C)C)O[Si](C)(C)C. The molecule has 0 saturated carbocycles. The van der Waals surface area contributed by atoms with Gasteiger partial charge in [0.1, 0.15) is 0 Å². The Morgan fingerprint density at radius 3 is 1.02 bits per heavy atom. The van der Waals surface area contributed by atoms with Gasteiger partial charge in [0, 0.05) is 15.1 Å². The van der Waals surface area contributed by atoms with Crippen LogP contribution in [0.3, 0.4) is 0 Å². The number of hydrogen-bond acceptors (Lipinski definition) is 11. The molecule has 0 fully saturated rings. The number of rotatable bonds is 25. The van der Waals surface area contributed by atoms with E-state index in [-0.39, 0.29) is 0 Å². The van der Waals surface area contributed by atoms with Gasteiger partial charge in [0.05, 0.1) is 11.8 Å². The molecule has 0 rings (SSSR count). The fourth-order valence-electron chi connectivity index (χ4n) is 4.93. The number of hydrogen-bond donors (Lipinski definition) is 0. The van der Waals surface area contributed by atoms with Gasteiger partial charge in [-0.2, -0.15) is 0 Å². The van der Waals surface area contributed by atoms with Gasteiger partial charge in [0.2, 0.25) is 0 Å². The molecule has 0 aliphatic heterocycles. The number of carbonyl (C=O) groups is 1. The topological polar surface area (TPSA) is 109 Å². The molecule has 0 aromatic rings. The third-order valence-electron chi connectivity index (χ3n) is 6.53. The highest BCUT2D eigenvalue weighted by atomic mass is 28.5. The van der Waals surface area contributed by atoms with Crippen LogP contribution >= 0.6 is 0 Å². The van der Waals surface area contributed by atoms with Crippen LogP contribution in [0.25, 0.3) is 0 Å². The Balaban J connectivity index is 8.69. The highest BCUT2D eigenvalue weighted by Gasteiger charge is 2.60. The highest BCUT2D eigenvalue weighted by Crippen LogP contribution is 2.40. The van der Waals surface area contributed by atoms with Crippen molar-refractivity contribution in [3.8, 4) is 0 Å². The van der Waals surface area contributed by atoms with Crippen LogP contribution in [0.2, 0.25) is 144 Å². The molecule has 0 aromatic carbocycles. The fraction of sp³-hybridized carbons (Fsp3) is 0.889. The highest BCUT2D eigenvalue weighted by molar-refractivity contribution is 7.06. The van der Waals surface area contributed by atoms with Crippen LogP contribution in [-0.2, 0) is 46.6 Å². The zero-order valence-corrected chi connectivity index (χ0v) is 52.0. The lowest BCUT2D eigenvalue weighted by Crippen LogP contribution is -2.65. The predicted octanol–water partition coefficient (Wildman–Crippen LogP) is 4.99. The van der Waals surface area contributed by atoms with Crippen molar-refractivity contribution in [2.75, 3.05) is 6.61 Å². The van der Waals surface area contributed by atoms with Crippen molar-refractivity contribution in [2.45, 2.75) is 150 Å². The largest absolute Gasteiger partial charge is 0.463 e. The van der Waals surface area contributed by atoms with E-state index < -0.39 is 112 Å². The van der Waals surface area contributed by atoms with Crippen LogP contribution in [-0.4, -0.2) is 128 Å². The van der Waals surface area contributed by atoms with Crippen LogP contribution in [0.15, 0.2) is 10.0 Å². The van der Waals surface area contributed by atoms with Gasteiger partial charge in [-0.1, -0.05) is 6.04 Å². The van der Waals surface area contributed by atoms with E-state index >= 15 is 4.79 Å². The Hall–Kier alpha value is 1.67. The second kappa shape index (κ2) is 20.4. The lowest BCUT2D eigenvalue weighted by Gasteiger charge is -2.46. The first-order valence-corrected chi connectivity index (χ1v) is 50.6. The van der Waals surface area contributed by atoms with Gasteiger partial charge in [-0.25, -0.2) is 4.79 Å². The van der Waals surface area contributed by atoms with Gasteiger partial charge in [0.15, 0.2) is 49.9 Å². The second-order valence-electron chi connectivity index (χ2n) is 19.3. The summed E-state index contributed by atoms with van der Waals surface area (Å²) in [5.41, 5.74) is 0. The molecule has 0 aliphatic rings. The van der Waals surface area contributed by atoms with Gasteiger partial charge in [-0.3, -0.25) is 0 Å². The quantitative estimate of drug-likeness (QED) is 0.0535. The second-order valence-corrected chi connectivity index (χ2v) is 63.4. The van der Waals surface area contributed by atoms with E-state index in [2.05, 4.69) is 131 Å². The average Bonchev–Trinajstić information content (AvgIpc) is 2.81. The molecule has 0 bridgehead atoms. The normalized spacial score (nSPS) is 18.1. The molecule has 0 aliphatic carbocycles. The van der Waals surface area contributed by atoms with E-state index in [0.717, 1.165) is 22.7 Å². The number of esters is 1. The van der Waals surface area contributed by atoms with Crippen molar-refractivity contribution in [3.63, 3.8) is 0 Å². The van der Waals surface area contributed by atoms with Crippen molar-refractivity contribution >= 4 is 122 Å². The smallest absolute Gasteiger partial charge is 0.356 e. The lowest BCUT2D eigenvalue weighted by atomic mass is 10.5. The average molecular weight is 944 g/mol. The maximum absolute atomic E-state index is 15.1. The zero-order valence-electron chi connectivity index (χ0n) is 36.7. The molecular weight excluding hydrogens is 865 g/mol. The first kappa shape index (κ1) is 52.7. The van der Waals surface area contributed by atoms with Gasteiger partial charge < -0.3 is 41.8 Å². The molecule has 11 nitrogen and oxygen atoms in total. The van der Waals surface area contributed by atoms with E-state index in [9.17, 15) is 0 Å². The molecule has 0 spiro atoms. The molecule has 3 unspecified atom stereocenters. The van der Waals surface area contributed by atoms with E-state index in [1.165, 1.54) is 0 Å². The van der Waals surface area contributed by atoms with Crippen LogP contribution in [0.4, 0.5) is 0 Å². The van der Waals surface area contributed by atoms with E-state index in [4.69, 9.17) is 41.8 Å². The predicted molar refractivity (Wildman–Crippen MR) is 248 cm³/mol. The Morgan fingerprint density at radius 1 is 0.451 bits per heavy atom. The molecule has 0 aromatic heterocycles. The van der Waals surface area contributed by atoms with Gasteiger partial charge in [-0.15, -0.1) is 0 Å². The van der Waals surface area contributed by atoms with Crippen molar-refractivity contribution in [2.24, 2.45) is 0 Å². The Morgan fingerprint density at radius 2 is 0.745 bits per heavy atom. The molecule has 24 heteroatoms. The fourth-order valence-corrected chi connectivity index (χ4v) is 44.0. The van der Waals surface area contributed by atoms with E-state index in [1.807, 2.05) is 6.55 Å². The summed E-state index contributed by atoms with van der Waals surface area (Å²) in [5, 5.41) is 0.397. The summed E-state index contributed by atoms with van der Waals surface area (Å²) >= 11 is 0. The van der Waals surface area contributed by atoms with Crippen molar-refractivity contribution in [3.05, 3.63) is 10.0 Å². The molecular formula is C27H78O11Si13. The van der Waals surface area contributed by atoms with Gasteiger partial charge in [0.25, 0.3) is 30.0 Å². The molecule has 3 atom stereocenters. The Kier molecular flexibility index (Phi) is 21.1. The van der Waals surface area contributed by atoms with Crippen LogP contribution < -0.4 is 0 Å². The Bertz CT molecular complexity index is 1080. The standard InChI is InChI=1S/C27H78O11Si13/c1-43(2,3)30-40-33-49(19,36-46(10,11)12)25(26(28)29-23-22-24-39)27(50(20,37-47(13,14)15)34-41-31-44(4,5)6)51(21,38-48(16,17)18)35-42-32-45(7,8)9/h22-24,40-42H2,1-21,39H3. The third kappa shape index (κ3) is 22.9. The van der Waals surface area contributed by atoms with Crippen molar-refractivity contribution < 1.29 is 46.6 Å². The molecule has 0 saturated heterocycles. The minimum Gasteiger partial charge on any atom is -0.463 e. The van der Waals surface area contributed by atoms with Crippen molar-refractivity contribution in [1.82, 2.24) is 0 Å². The minimum absolute atomic E-state index is 0.308. The summed E-state index contributed by atoms with van der Waals surface area (Å²) < 4.78 is 68.6. The van der Waals surface area contributed by atoms with E-state index in [1.54, 1.807) is 0 Å². The summed E-state index contributed by atoms with van der Waals surface area (Å²) in [6, 6.07) is 1.02. The number of ether oxygens (including phenoxy) is 1. The molecule has 0 heterocycles. The monoisotopic (exact) mass is 942 g/mol. The molecule has 0 amide bonds. The van der Waals surface area contributed by atoms with Crippen LogP contribution in [0, 0.1) is 0 Å². The first-order chi connectivity index (χ1) is 22.5. The van der Waals surface area contributed by atoms with Gasteiger partial charge >= 0.3 is 31.7 Å². The zero-order chi connectivity index (χ0) is 40.5. The van der Waals surface area contributed by atoms with Crippen LogP contribution in [0.1, 0.15) is 6.42 Å². The minimum atomic E-state index is -3.64. The van der Waals surface area contributed by atoms with Gasteiger partial charge in [-0.05, 0) is 144 Å². The lowest BCUT2D eigenvalue weighted by molar-refractivity contribution is -0.138. The van der Waals surface area contributed by atoms with E-state index in [0.29, 0.717) is 16.6 Å². The third-order valence-corrected chi connectivity index (χ3v) is 46.0. The Labute approximate surface area is 332 Å². The van der Waals surface area contributed by atoms with Crippen molar-refractivity contribution in [1.29, 1.82) is 0 Å². The maximum Gasteiger partial charge on any atom is 0.356 e. The molecule has 0 radical (unpaired) electrons.